The quantitative estimate of drug-likeness (QED) is 0.0955. The molecule has 0 spiro atoms. The molecule has 18 aliphatic carbocycles. The van der Waals surface area contributed by atoms with E-state index in [0.717, 1.165) is 59.2 Å². The van der Waals surface area contributed by atoms with Crippen LogP contribution < -0.4 is 14.7 Å². The lowest BCUT2D eigenvalue weighted by atomic mass is 9.48. The summed E-state index contributed by atoms with van der Waals surface area (Å²) in [6, 6.07) is 120. The summed E-state index contributed by atoms with van der Waals surface area (Å²) >= 11 is 0. The molecule has 32 rings (SSSR count). The number of para-hydroxylation sites is 1. The lowest BCUT2D eigenvalue weighted by molar-refractivity contribution is -0.00535. The van der Waals surface area contributed by atoms with Gasteiger partial charge in [0.2, 0.25) is 0 Å². The van der Waals surface area contributed by atoms with E-state index < -0.39 is 0 Å². The van der Waals surface area contributed by atoms with E-state index >= 15 is 0 Å². The Kier molecular flexibility index (Phi) is 22.3. The molecule has 3 nitrogen and oxygen atoms in total. The minimum absolute atomic E-state index is 0.0216. The highest BCUT2D eigenvalue weighted by atomic mass is 15.2. The first-order valence-electron chi connectivity index (χ1n) is 56.6. The second-order valence-corrected chi connectivity index (χ2v) is 50.5. The first-order chi connectivity index (χ1) is 69.3. The number of hydrogen-bond donors (Lipinski definition) is 0. The fourth-order valence-corrected chi connectivity index (χ4v) is 34.7. The summed E-state index contributed by atoms with van der Waals surface area (Å²) in [6.07, 6.45) is 46.8. The summed E-state index contributed by atoms with van der Waals surface area (Å²) in [6.45, 7) is 14.8. The first-order valence-corrected chi connectivity index (χ1v) is 56.6. The summed E-state index contributed by atoms with van der Waals surface area (Å²) in [5, 5.41) is 2.57. The second kappa shape index (κ2) is 35.3. The molecule has 142 heavy (non-hydrogen) atoms. The summed E-state index contributed by atoms with van der Waals surface area (Å²) < 4.78 is 0. The zero-order chi connectivity index (χ0) is 95.0. The summed E-state index contributed by atoms with van der Waals surface area (Å²) in [4.78, 5) is 7.47. The Morgan fingerprint density at radius 3 is 0.796 bits per heavy atom. The molecule has 12 bridgehead atoms. The number of hydrogen-bond acceptors (Lipinski definition) is 3. The molecule has 14 aromatic rings. The summed E-state index contributed by atoms with van der Waals surface area (Å²) in [7, 11) is 0. The van der Waals surface area contributed by atoms with Gasteiger partial charge in [-0.25, -0.2) is 0 Å². The van der Waals surface area contributed by atoms with Crippen LogP contribution in [0.5, 0.6) is 0 Å². The largest absolute Gasteiger partial charge is 0.310 e. The van der Waals surface area contributed by atoms with Gasteiger partial charge in [-0.3, -0.25) is 0 Å². The predicted octanol–water partition coefficient (Wildman–Crippen LogP) is 38.8. The third kappa shape index (κ3) is 15.6. The van der Waals surface area contributed by atoms with Gasteiger partial charge in [0, 0.05) is 67.1 Å². The molecule has 18 aliphatic rings. The minimum Gasteiger partial charge on any atom is -0.310 e. The van der Waals surface area contributed by atoms with Crippen LogP contribution in [0.2, 0.25) is 0 Å². The van der Waals surface area contributed by atoms with E-state index in [-0.39, 0.29) is 16.2 Å². The van der Waals surface area contributed by atoms with Crippen molar-refractivity contribution in [2.75, 3.05) is 14.7 Å². The van der Waals surface area contributed by atoms with Crippen LogP contribution in [-0.4, -0.2) is 0 Å². The van der Waals surface area contributed by atoms with E-state index in [0.29, 0.717) is 28.1 Å². The van der Waals surface area contributed by atoms with Gasteiger partial charge in [-0.1, -0.05) is 306 Å². The van der Waals surface area contributed by atoms with Crippen LogP contribution in [0.15, 0.2) is 309 Å². The maximum atomic E-state index is 2.68. The Morgan fingerprint density at radius 2 is 0.458 bits per heavy atom. The zero-order valence-corrected chi connectivity index (χ0v) is 85.5. The Labute approximate surface area is 848 Å². The first kappa shape index (κ1) is 89.6. The molecule has 0 N–H and O–H groups in total. The lowest BCUT2D eigenvalue weighted by Gasteiger charge is -2.57. The number of rotatable bonds is 16. The van der Waals surface area contributed by atoms with E-state index in [9.17, 15) is 0 Å². The third-order valence-electron chi connectivity index (χ3n) is 40.6. The molecule has 0 unspecified atom stereocenters. The van der Waals surface area contributed by atoms with Crippen molar-refractivity contribution in [3.63, 3.8) is 0 Å². The molecule has 0 aliphatic heterocycles. The SMILES string of the molecule is CC1(C)c2cc(N(c3ccc(-c4ccccc4)cc3)c3ccc(C4CCCCC4)cc3)ccc2-c2ccc(C34CC5CC(CC(C5)C3)C4)cc21.CC1(C)c2cc(N(c3ccc(C4CCCCC4)cc3)c3cccc4ccccc34)ccc2-c2ccc(C34CC5CC(CC(C5)C3)C4)cc21.CC1(C)c2cc(N(c3ccccc3)c3ccc(C4CCCCC4)cc3)ccc2-c2ccc(C34CC5CC(CC(C5)C3)C4)cc21. The molecule has 0 aromatic heterocycles. The van der Waals surface area contributed by atoms with Crippen molar-refractivity contribution < 1.29 is 0 Å². The highest BCUT2D eigenvalue weighted by Crippen LogP contribution is 2.67. The summed E-state index contributed by atoms with van der Waals surface area (Å²) in [5.74, 6) is 10.9. The van der Waals surface area contributed by atoms with Crippen molar-refractivity contribution in [2.24, 2.45) is 53.3 Å². The molecule has 15 fully saturated rings. The highest BCUT2D eigenvalue weighted by molar-refractivity contribution is 6.00. The average molecular weight is 1860 g/mol. The van der Waals surface area contributed by atoms with Gasteiger partial charge >= 0.3 is 0 Å². The van der Waals surface area contributed by atoms with Crippen LogP contribution in [0.25, 0.3) is 55.3 Å². The van der Waals surface area contributed by atoms with E-state index in [1.807, 2.05) is 0 Å². The van der Waals surface area contributed by atoms with Gasteiger partial charge < -0.3 is 14.7 Å². The smallest absolute Gasteiger partial charge is 0.0540 e. The molecule has 15 saturated carbocycles. The number of anilines is 9. The molecule has 0 amide bonds. The predicted molar refractivity (Wildman–Crippen MR) is 596 cm³/mol. The maximum absolute atomic E-state index is 2.68. The maximum Gasteiger partial charge on any atom is 0.0540 e. The fourth-order valence-electron chi connectivity index (χ4n) is 34.7. The van der Waals surface area contributed by atoms with Crippen LogP contribution in [0.3, 0.4) is 0 Å². The van der Waals surface area contributed by atoms with Gasteiger partial charge in [-0.15, -0.1) is 0 Å². The van der Waals surface area contributed by atoms with Crippen molar-refractivity contribution in [1.82, 2.24) is 0 Å². The average Bonchev–Trinajstić information content (AvgIpc) is 1.63. The normalized spacial score (nSPS) is 27.0. The molecule has 0 saturated heterocycles. The third-order valence-corrected chi connectivity index (χ3v) is 40.6. The van der Waals surface area contributed by atoms with Crippen molar-refractivity contribution in [2.45, 2.75) is 304 Å². The number of benzene rings is 14. The van der Waals surface area contributed by atoms with Gasteiger partial charge in [0.05, 0.1) is 5.69 Å². The lowest BCUT2D eigenvalue weighted by Crippen LogP contribution is -2.48. The van der Waals surface area contributed by atoms with E-state index in [1.54, 1.807) is 22.3 Å². The minimum atomic E-state index is -0.0490. The van der Waals surface area contributed by atoms with E-state index in [4.69, 9.17) is 0 Å². The molecule has 0 heterocycles. The Balaban J connectivity index is 0.000000107. The van der Waals surface area contributed by atoms with Crippen molar-refractivity contribution in [1.29, 1.82) is 0 Å². The van der Waals surface area contributed by atoms with Gasteiger partial charge in [0.1, 0.15) is 0 Å². The van der Waals surface area contributed by atoms with Crippen molar-refractivity contribution in [3.8, 4) is 44.5 Å². The van der Waals surface area contributed by atoms with Gasteiger partial charge in [-0.05, 0) is 461 Å². The molecule has 0 atom stereocenters. The molecule has 3 heteroatoms. The zero-order valence-electron chi connectivity index (χ0n) is 85.5. The van der Waals surface area contributed by atoms with Gasteiger partial charge in [0.25, 0.3) is 0 Å². The Bertz CT molecular complexity index is 6970. The summed E-state index contributed by atoms with van der Waals surface area (Å²) in [5.41, 5.74) is 41.9. The van der Waals surface area contributed by atoms with Crippen LogP contribution >= 0.6 is 0 Å². The second-order valence-electron chi connectivity index (χ2n) is 50.5. The highest BCUT2D eigenvalue weighted by Gasteiger charge is 2.56. The van der Waals surface area contributed by atoms with Crippen LogP contribution in [0.1, 0.15) is 338 Å². The van der Waals surface area contributed by atoms with Gasteiger partial charge in [0.15, 0.2) is 0 Å². The molecular weight excluding hydrogens is 1710 g/mol. The molecular formula is C139H147N3. The van der Waals surface area contributed by atoms with E-state index in [1.165, 1.54) is 363 Å². The van der Waals surface area contributed by atoms with Crippen LogP contribution in [0, 0.1) is 53.3 Å². The number of fused-ring (bicyclic) bond motifs is 10. The molecule has 0 radical (unpaired) electrons. The van der Waals surface area contributed by atoms with Gasteiger partial charge in [-0.2, -0.15) is 0 Å². The van der Waals surface area contributed by atoms with Crippen molar-refractivity contribution >= 4 is 62.0 Å². The van der Waals surface area contributed by atoms with E-state index in [2.05, 4.69) is 366 Å². The van der Waals surface area contributed by atoms with Crippen molar-refractivity contribution in [3.05, 3.63) is 376 Å². The monoisotopic (exact) mass is 1860 g/mol. The molecule has 14 aromatic carbocycles. The standard InChI is InChI=1S/C49H51N.C47H49N.C43H47N/c1-48(2)46-28-40(49-30-33-25-34(31-49)27-35(26-33)32-49)17-23-44(46)45-24-22-43(29-47(45)48)50(41-18-13-38(14-19-41)36-9-5-3-6-10-36)42-20-15-39(16-21-42)37-11-7-4-8-12-37;1-46(2)43-26-37(47-28-31-23-32(29-47)25-33(24-31)30-47)17-21-41(43)42-22-20-39(27-44(42)46)48(45-14-8-12-36-11-6-7-13-40(36)45)38-18-15-35(16-19-38)34-9-4-3-5-10-34;1-42(2)40-24-34(43-26-29-21-30(27-43)23-31(22-29)28-43)15-19-38(40)39-20-18-37(25-41(39)42)44(35-11-7-4-8-12-35)36-16-13-33(14-17-36)32-9-5-3-6-10-32/h3,5-6,9-10,13-24,28-29,33-35,37H,4,7-8,11-12,25-27,30-32H2,1-2H3;6-8,11-22,26-27,31-34H,3-5,9-10,23-25,28-30H2,1-2H3;4,7-8,11-20,24-25,29-32H,3,5-6,9-10,21-23,26-28H2,1-2H3. The fraction of sp³-hybridized carbons (Fsp3) is 0.410. The Morgan fingerprint density at radius 1 is 0.204 bits per heavy atom. The van der Waals surface area contributed by atoms with Crippen LogP contribution in [0.4, 0.5) is 51.2 Å². The number of nitrogens with zero attached hydrogens (tertiary/aromatic N) is 3. The molecule has 718 valence electrons. The topological polar surface area (TPSA) is 9.72 Å². The Hall–Kier alpha value is -11.3. The van der Waals surface area contributed by atoms with Crippen LogP contribution in [-0.2, 0) is 32.5 Å².